The van der Waals surface area contributed by atoms with Crippen LogP contribution in [0, 0.1) is 0 Å². The van der Waals surface area contributed by atoms with E-state index >= 15 is 0 Å². The predicted octanol–water partition coefficient (Wildman–Crippen LogP) is 0.435. The van der Waals surface area contributed by atoms with Crippen LogP contribution in [0.5, 0.6) is 0 Å². The number of nitrogens with zero attached hydrogens (tertiary/aromatic N) is 1. The molecule has 0 radical (unpaired) electrons. The van der Waals surface area contributed by atoms with Crippen molar-refractivity contribution < 1.29 is 39.3 Å². The third-order valence-electron chi connectivity index (χ3n) is 3.09. The molecule has 0 unspecified atom stereocenters. The van der Waals surface area contributed by atoms with Crippen LogP contribution in [0.3, 0.4) is 0 Å². The van der Waals surface area contributed by atoms with Gasteiger partial charge in [-0.1, -0.05) is 0 Å². The quantitative estimate of drug-likeness (QED) is 0.678. The second-order valence-corrected chi connectivity index (χ2v) is 4.46. The van der Waals surface area contributed by atoms with E-state index in [1.165, 1.54) is 0 Å². The van der Waals surface area contributed by atoms with Gasteiger partial charge in [-0.05, 0) is 12.1 Å². The van der Waals surface area contributed by atoms with Crippen molar-refractivity contribution in [1.29, 1.82) is 0 Å². The summed E-state index contributed by atoms with van der Waals surface area (Å²) >= 11 is 0. The molecule has 2 rings (SSSR count). The van der Waals surface area contributed by atoms with Crippen LogP contribution >= 0.6 is 0 Å². The van der Waals surface area contributed by atoms with Crippen LogP contribution in [0.25, 0.3) is 0 Å². The van der Waals surface area contributed by atoms with Crippen molar-refractivity contribution in [2.24, 2.45) is 0 Å². The van der Waals surface area contributed by atoms with Crippen molar-refractivity contribution in [3.05, 3.63) is 28.8 Å². The number of carboxylic acids is 3. The van der Waals surface area contributed by atoms with Gasteiger partial charge in [0.15, 0.2) is 0 Å². The zero-order valence-electron chi connectivity index (χ0n) is 10.9. The molecule has 9 nitrogen and oxygen atoms in total. The third kappa shape index (κ3) is 2.39. The number of carbonyl (C=O) groups is 5. The maximum atomic E-state index is 11.8. The van der Waals surface area contributed by atoms with Crippen molar-refractivity contribution in [3.8, 4) is 0 Å². The van der Waals surface area contributed by atoms with Gasteiger partial charge in [0.2, 0.25) is 11.8 Å². The van der Waals surface area contributed by atoms with Crippen LogP contribution in [0.4, 0.5) is 5.69 Å². The van der Waals surface area contributed by atoms with Gasteiger partial charge in [-0.25, -0.2) is 19.3 Å². The fraction of sp³-hybridized carbons (Fsp3) is 0.154. The van der Waals surface area contributed by atoms with Crippen LogP contribution in [-0.4, -0.2) is 45.0 Å². The van der Waals surface area contributed by atoms with Gasteiger partial charge < -0.3 is 15.3 Å². The molecule has 1 saturated heterocycles. The second kappa shape index (κ2) is 5.28. The first kappa shape index (κ1) is 15.2. The van der Waals surface area contributed by atoms with E-state index in [2.05, 4.69) is 0 Å². The van der Waals surface area contributed by atoms with E-state index in [1.807, 2.05) is 0 Å². The number of amides is 2. The van der Waals surface area contributed by atoms with Crippen molar-refractivity contribution in [2.75, 3.05) is 4.90 Å². The Kier molecular flexibility index (Phi) is 3.64. The molecule has 22 heavy (non-hydrogen) atoms. The first-order valence-electron chi connectivity index (χ1n) is 5.97. The van der Waals surface area contributed by atoms with Crippen molar-refractivity contribution in [1.82, 2.24) is 0 Å². The SMILES string of the molecule is O=C(O)c1cc(C(=O)O)c(N2C(=O)CCC2=O)c(C(=O)O)c1. The molecule has 9 heteroatoms. The Balaban J connectivity index is 2.82. The second-order valence-electron chi connectivity index (χ2n) is 4.46. The first-order chi connectivity index (χ1) is 10.2. The maximum Gasteiger partial charge on any atom is 0.337 e. The Morgan fingerprint density at radius 3 is 1.55 bits per heavy atom. The Morgan fingerprint density at radius 1 is 0.818 bits per heavy atom. The number of imide groups is 1. The summed E-state index contributed by atoms with van der Waals surface area (Å²) in [5, 5.41) is 27.3. The molecule has 1 aromatic carbocycles. The number of hydrogen-bond acceptors (Lipinski definition) is 5. The molecule has 0 bridgehead atoms. The van der Waals surface area contributed by atoms with E-state index < -0.39 is 52.1 Å². The van der Waals surface area contributed by atoms with Gasteiger partial charge in [-0.15, -0.1) is 0 Å². The number of rotatable bonds is 4. The molecule has 0 saturated carbocycles. The number of anilines is 1. The molecule has 1 aromatic rings. The maximum absolute atomic E-state index is 11.8. The molecule has 1 aliphatic rings. The largest absolute Gasteiger partial charge is 0.478 e. The van der Waals surface area contributed by atoms with E-state index in [0.29, 0.717) is 17.0 Å². The van der Waals surface area contributed by atoms with E-state index in [9.17, 15) is 34.2 Å². The molecule has 3 N–H and O–H groups in total. The molecule has 0 spiro atoms. The van der Waals surface area contributed by atoms with Gasteiger partial charge in [0, 0.05) is 12.8 Å². The Hall–Kier alpha value is -3.23. The summed E-state index contributed by atoms with van der Waals surface area (Å²) in [6.45, 7) is 0. The fourth-order valence-electron chi connectivity index (χ4n) is 2.15. The molecule has 1 heterocycles. The van der Waals surface area contributed by atoms with Gasteiger partial charge in [-0.3, -0.25) is 9.59 Å². The smallest absolute Gasteiger partial charge is 0.337 e. The first-order valence-corrected chi connectivity index (χ1v) is 5.97. The van der Waals surface area contributed by atoms with E-state index in [-0.39, 0.29) is 12.8 Å². The zero-order chi connectivity index (χ0) is 16.6. The summed E-state index contributed by atoms with van der Waals surface area (Å²) < 4.78 is 0. The predicted molar refractivity (Wildman–Crippen MR) is 69.0 cm³/mol. The van der Waals surface area contributed by atoms with Crippen molar-refractivity contribution in [2.45, 2.75) is 12.8 Å². The summed E-state index contributed by atoms with van der Waals surface area (Å²) in [6, 6.07) is 1.43. The highest BCUT2D eigenvalue weighted by Gasteiger charge is 2.36. The highest BCUT2D eigenvalue weighted by Crippen LogP contribution is 2.32. The Labute approximate surface area is 122 Å². The van der Waals surface area contributed by atoms with Crippen molar-refractivity contribution >= 4 is 35.4 Å². The Morgan fingerprint density at radius 2 is 1.23 bits per heavy atom. The minimum Gasteiger partial charge on any atom is -0.478 e. The van der Waals surface area contributed by atoms with Gasteiger partial charge in [0.1, 0.15) is 0 Å². The summed E-state index contributed by atoms with van der Waals surface area (Å²) in [7, 11) is 0. The van der Waals surface area contributed by atoms with Gasteiger partial charge in [0.25, 0.3) is 0 Å². The highest BCUT2D eigenvalue weighted by molar-refractivity contribution is 6.24. The van der Waals surface area contributed by atoms with Crippen LogP contribution in [-0.2, 0) is 9.59 Å². The lowest BCUT2D eigenvalue weighted by Gasteiger charge is -2.19. The van der Waals surface area contributed by atoms with Gasteiger partial charge in [0.05, 0.1) is 22.4 Å². The summed E-state index contributed by atoms with van der Waals surface area (Å²) in [5.74, 6) is -6.30. The van der Waals surface area contributed by atoms with Crippen LogP contribution in [0.15, 0.2) is 12.1 Å². The number of hydrogen-bond donors (Lipinski definition) is 3. The molecular formula is C13H9NO8. The molecule has 1 fully saturated rings. The van der Waals surface area contributed by atoms with E-state index in [0.717, 1.165) is 0 Å². The molecule has 2 amide bonds. The number of carbonyl (C=O) groups excluding carboxylic acids is 2. The highest BCUT2D eigenvalue weighted by atomic mass is 16.4. The summed E-state index contributed by atoms with van der Waals surface area (Å²) in [6.07, 6.45) is -0.338. The Bertz CT molecular complexity index is 685. The molecule has 1 aliphatic heterocycles. The normalized spacial score (nSPS) is 14.3. The van der Waals surface area contributed by atoms with E-state index in [1.54, 1.807) is 0 Å². The van der Waals surface area contributed by atoms with Gasteiger partial charge >= 0.3 is 17.9 Å². The summed E-state index contributed by atoms with van der Waals surface area (Å²) in [4.78, 5) is 57.6. The molecule has 0 aromatic heterocycles. The number of aromatic carboxylic acids is 3. The van der Waals surface area contributed by atoms with Crippen LogP contribution in [0.1, 0.15) is 43.9 Å². The average molecular weight is 307 g/mol. The molecule has 114 valence electrons. The lowest BCUT2D eigenvalue weighted by atomic mass is 10.0. The third-order valence-corrected chi connectivity index (χ3v) is 3.09. The van der Waals surface area contributed by atoms with Crippen molar-refractivity contribution in [3.63, 3.8) is 0 Å². The molecule has 0 aliphatic carbocycles. The standard InChI is InChI=1S/C13H9NO8/c15-8-1-2-9(16)14(8)10-6(12(19)20)3-5(11(17)18)4-7(10)13(21)22/h3-4H,1-2H2,(H,17,18)(H,19,20)(H,21,22). The lowest BCUT2D eigenvalue weighted by Crippen LogP contribution is -2.32. The number of carboxylic acid groups (broad SMARTS) is 3. The van der Waals surface area contributed by atoms with Crippen LogP contribution < -0.4 is 4.90 Å². The van der Waals surface area contributed by atoms with Crippen LogP contribution in [0.2, 0.25) is 0 Å². The zero-order valence-corrected chi connectivity index (χ0v) is 10.9. The molecule has 0 atom stereocenters. The summed E-state index contributed by atoms with van der Waals surface area (Å²) in [5.41, 5.74) is -2.66. The molecular weight excluding hydrogens is 298 g/mol. The minimum atomic E-state index is -1.65. The minimum absolute atomic E-state index is 0.169. The lowest BCUT2D eigenvalue weighted by molar-refractivity contribution is -0.121. The topological polar surface area (TPSA) is 149 Å². The monoisotopic (exact) mass is 307 g/mol. The average Bonchev–Trinajstić information content (AvgIpc) is 2.76. The van der Waals surface area contributed by atoms with Gasteiger partial charge in [-0.2, -0.15) is 0 Å². The fourth-order valence-corrected chi connectivity index (χ4v) is 2.15. The van der Waals surface area contributed by atoms with E-state index in [4.69, 9.17) is 5.11 Å². The number of benzene rings is 1.